The Morgan fingerprint density at radius 3 is 2.50 bits per heavy atom. The summed E-state index contributed by atoms with van der Waals surface area (Å²) in [5, 5.41) is 21.2. The molecule has 0 bridgehead atoms. The molecule has 3 aromatic rings. The van der Waals surface area contributed by atoms with Crippen LogP contribution >= 0.6 is 0 Å². The number of ketones is 1. The van der Waals surface area contributed by atoms with Crippen molar-refractivity contribution in [3.63, 3.8) is 0 Å². The van der Waals surface area contributed by atoms with E-state index >= 15 is 0 Å². The second-order valence-corrected chi connectivity index (χ2v) is 12.1. The van der Waals surface area contributed by atoms with E-state index in [0.29, 0.717) is 5.69 Å². The zero-order valence-corrected chi connectivity index (χ0v) is 25.6. The van der Waals surface area contributed by atoms with Crippen LogP contribution in [0.1, 0.15) is 80.9 Å². The van der Waals surface area contributed by atoms with E-state index in [1.165, 1.54) is 40.4 Å². The number of hydrogen-bond donors (Lipinski definition) is 3. The number of carbonyl (C=O) groups excluding carboxylic acids is 5. The zero-order chi connectivity index (χ0) is 33.0. The molecule has 16 nitrogen and oxygen atoms in total. The fraction of sp³-hybridized carbons (Fsp3) is 0.500. The van der Waals surface area contributed by atoms with Gasteiger partial charge in [0.1, 0.15) is 22.9 Å². The van der Waals surface area contributed by atoms with Crippen molar-refractivity contribution in [3.8, 4) is 0 Å². The van der Waals surface area contributed by atoms with Gasteiger partial charge in [0.05, 0.1) is 30.0 Å². The molecule has 46 heavy (non-hydrogen) atoms. The van der Waals surface area contributed by atoms with Gasteiger partial charge in [-0.1, -0.05) is 37.3 Å². The topological polar surface area (TPSA) is 229 Å². The summed E-state index contributed by atoms with van der Waals surface area (Å²) in [6.45, 7) is 2.45. The van der Waals surface area contributed by atoms with Crippen LogP contribution in [-0.4, -0.2) is 94.2 Å². The molecule has 5 rings (SSSR count). The Morgan fingerprint density at radius 1 is 1.07 bits per heavy atom. The number of nitrogens with two attached hydrogens (primary N) is 1. The van der Waals surface area contributed by atoms with Crippen LogP contribution in [0.4, 0.5) is 0 Å². The molecule has 0 spiro atoms. The number of fused-ring (bicyclic) bond motifs is 1. The van der Waals surface area contributed by atoms with Gasteiger partial charge in [0.2, 0.25) is 11.7 Å². The first kappa shape index (κ1) is 32.4. The maximum Gasteiger partial charge on any atom is 0.286 e. The van der Waals surface area contributed by atoms with Gasteiger partial charge in [-0.2, -0.15) is 0 Å². The summed E-state index contributed by atoms with van der Waals surface area (Å²) in [6.07, 6.45) is 10.7. The summed E-state index contributed by atoms with van der Waals surface area (Å²) in [5.41, 5.74) is 4.69. The first-order valence-electron chi connectivity index (χ1n) is 15.2. The second-order valence-electron chi connectivity index (χ2n) is 12.1. The number of Topliss-reactive ketones (excluding diaryl/α,β-unsaturated/α-hetero) is 1. The highest BCUT2D eigenvalue weighted by Gasteiger charge is 2.44. The molecule has 2 atom stereocenters. The van der Waals surface area contributed by atoms with Gasteiger partial charge in [0, 0.05) is 31.6 Å². The Morgan fingerprint density at radius 2 is 1.78 bits per heavy atom. The molecule has 1 aliphatic carbocycles. The fourth-order valence-electron chi connectivity index (χ4n) is 6.03. The highest BCUT2D eigenvalue weighted by molar-refractivity contribution is 6.41. The third-order valence-corrected chi connectivity index (χ3v) is 8.38. The number of amides is 4. The standard InChI is InChI=1S/C30H36N10O6/c1-30(2,46)23-15-36-38-40(23)18-13-21(28(44)35-14-22(41)25(31)42)39(16-18)29(45)20(12-17-6-4-3-5-7-17)37-27(43)19-8-9-33-26-24(19)32-10-11-34-26/h8-11,15,17-18,21,46H,3-7,12-14,16H2,1-2H3,(H2,31,42)(H,35,44)/b37-20+/t18-,21-/m0/s1. The average molecular weight is 633 g/mol. The Labute approximate surface area is 263 Å². The largest absolute Gasteiger partial charge is 0.384 e. The summed E-state index contributed by atoms with van der Waals surface area (Å²) in [6, 6.07) is -0.260. The number of pyridine rings is 1. The Bertz CT molecular complexity index is 1690. The predicted octanol–water partition coefficient (Wildman–Crippen LogP) is 0.408. The Kier molecular flexibility index (Phi) is 9.55. The smallest absolute Gasteiger partial charge is 0.286 e. The van der Waals surface area contributed by atoms with Crippen molar-refractivity contribution in [2.75, 3.05) is 13.1 Å². The molecule has 1 aliphatic heterocycles. The minimum absolute atomic E-state index is 0.0151. The average Bonchev–Trinajstić information content (AvgIpc) is 3.71. The number of nitrogens with zero attached hydrogens (tertiary/aromatic N) is 8. The van der Waals surface area contributed by atoms with E-state index in [9.17, 15) is 29.1 Å². The molecule has 2 aliphatic rings. The van der Waals surface area contributed by atoms with Crippen LogP contribution in [0.3, 0.4) is 0 Å². The molecule has 2 fully saturated rings. The highest BCUT2D eigenvalue weighted by atomic mass is 16.3. The maximum atomic E-state index is 14.4. The lowest BCUT2D eigenvalue weighted by Gasteiger charge is -2.27. The van der Waals surface area contributed by atoms with E-state index in [1.807, 2.05) is 0 Å². The fourth-order valence-corrected chi connectivity index (χ4v) is 6.03. The number of rotatable bonds is 10. The van der Waals surface area contributed by atoms with Gasteiger partial charge in [-0.25, -0.2) is 19.6 Å². The van der Waals surface area contributed by atoms with Crippen molar-refractivity contribution in [1.29, 1.82) is 0 Å². The second kappa shape index (κ2) is 13.6. The zero-order valence-electron chi connectivity index (χ0n) is 25.6. The molecular formula is C30H36N10O6. The lowest BCUT2D eigenvalue weighted by Crippen LogP contribution is -2.50. The number of aliphatic imine (C=N–C) groups is 1. The number of aliphatic hydroxyl groups is 1. The van der Waals surface area contributed by atoms with E-state index in [0.717, 1.165) is 32.1 Å². The number of carbonyl (C=O) groups is 5. The predicted molar refractivity (Wildman–Crippen MR) is 162 cm³/mol. The molecule has 16 heteroatoms. The van der Waals surface area contributed by atoms with Gasteiger partial charge in [0.15, 0.2) is 5.65 Å². The molecule has 0 radical (unpaired) electrons. The van der Waals surface area contributed by atoms with Crippen molar-refractivity contribution in [1.82, 2.24) is 40.2 Å². The highest BCUT2D eigenvalue weighted by Crippen LogP contribution is 2.33. The number of aromatic nitrogens is 6. The minimum Gasteiger partial charge on any atom is -0.384 e. The SMILES string of the molecule is CC(C)(O)c1cnnn1[C@H]1C[C@@H](C(=O)NCC(=O)C(N)=O)N(C(=O)/C(CC2CCCCC2)=N/C(=O)c2ccnc3nccnc23)C1. The summed E-state index contributed by atoms with van der Waals surface area (Å²) in [7, 11) is 0. The van der Waals surface area contributed by atoms with Crippen molar-refractivity contribution in [2.24, 2.45) is 16.6 Å². The molecule has 0 unspecified atom stereocenters. The molecule has 4 heterocycles. The van der Waals surface area contributed by atoms with Crippen molar-refractivity contribution in [2.45, 2.75) is 76.5 Å². The lowest BCUT2D eigenvalue weighted by molar-refractivity contribution is -0.137. The summed E-state index contributed by atoms with van der Waals surface area (Å²) in [4.78, 5) is 82.8. The lowest BCUT2D eigenvalue weighted by atomic mass is 9.85. The van der Waals surface area contributed by atoms with E-state index in [1.54, 1.807) is 13.8 Å². The van der Waals surface area contributed by atoms with Gasteiger partial charge in [-0.05, 0) is 32.3 Å². The molecule has 4 N–H and O–H groups in total. The normalized spacial score (nSPS) is 19.3. The number of likely N-dealkylation sites (tertiary alicyclic amines) is 1. The van der Waals surface area contributed by atoms with Crippen molar-refractivity contribution < 1.29 is 29.1 Å². The number of hydrogen-bond acceptors (Lipinski definition) is 11. The third-order valence-electron chi connectivity index (χ3n) is 8.38. The number of primary amides is 1. The third kappa shape index (κ3) is 7.11. The van der Waals surface area contributed by atoms with Crippen LogP contribution in [0, 0.1) is 5.92 Å². The van der Waals surface area contributed by atoms with Crippen LogP contribution in [0.2, 0.25) is 0 Å². The Balaban J connectivity index is 1.51. The summed E-state index contributed by atoms with van der Waals surface area (Å²) < 4.78 is 1.47. The molecule has 1 saturated heterocycles. The van der Waals surface area contributed by atoms with Crippen molar-refractivity contribution >= 4 is 46.3 Å². The first-order chi connectivity index (χ1) is 21.9. The van der Waals surface area contributed by atoms with E-state index < -0.39 is 53.6 Å². The molecule has 242 valence electrons. The van der Waals surface area contributed by atoms with Gasteiger partial charge in [-0.15, -0.1) is 5.10 Å². The first-order valence-corrected chi connectivity index (χ1v) is 15.2. The summed E-state index contributed by atoms with van der Waals surface area (Å²) in [5.74, 6) is -4.13. The van der Waals surface area contributed by atoms with Crippen LogP contribution in [0.15, 0.2) is 35.8 Å². The molecular weight excluding hydrogens is 596 g/mol. The quantitative estimate of drug-likeness (QED) is 0.205. The monoisotopic (exact) mass is 632 g/mol. The van der Waals surface area contributed by atoms with E-state index in [2.05, 4.69) is 35.6 Å². The van der Waals surface area contributed by atoms with Crippen LogP contribution in [0.5, 0.6) is 0 Å². The van der Waals surface area contributed by atoms with Crippen LogP contribution < -0.4 is 11.1 Å². The summed E-state index contributed by atoms with van der Waals surface area (Å²) >= 11 is 0. The van der Waals surface area contributed by atoms with Gasteiger partial charge >= 0.3 is 0 Å². The van der Waals surface area contributed by atoms with Gasteiger partial charge < -0.3 is 21.1 Å². The number of nitrogens with one attached hydrogen (secondary N) is 1. The van der Waals surface area contributed by atoms with Gasteiger partial charge in [0.25, 0.3) is 17.7 Å². The maximum absolute atomic E-state index is 14.4. The van der Waals surface area contributed by atoms with Crippen LogP contribution in [0.25, 0.3) is 11.2 Å². The van der Waals surface area contributed by atoms with E-state index in [-0.39, 0.29) is 47.7 Å². The molecule has 1 saturated carbocycles. The Hall–Kier alpha value is -4.99. The van der Waals surface area contributed by atoms with Crippen LogP contribution in [-0.2, 0) is 24.8 Å². The molecule has 3 aromatic heterocycles. The minimum atomic E-state index is -1.33. The van der Waals surface area contributed by atoms with E-state index in [4.69, 9.17) is 5.73 Å². The van der Waals surface area contributed by atoms with Gasteiger partial charge in [-0.3, -0.25) is 29.0 Å². The molecule has 0 aromatic carbocycles. The van der Waals surface area contributed by atoms with Crippen molar-refractivity contribution in [3.05, 3.63) is 42.1 Å². The molecule has 4 amide bonds.